The highest BCUT2D eigenvalue weighted by Crippen LogP contribution is 2.28. The van der Waals surface area contributed by atoms with E-state index in [0.29, 0.717) is 10.2 Å². The average Bonchev–Trinajstić information content (AvgIpc) is 2.40. The highest BCUT2D eigenvalue weighted by atomic mass is 35.5. The van der Waals surface area contributed by atoms with Crippen LogP contribution in [0.15, 0.2) is 40.9 Å². The van der Waals surface area contributed by atoms with Gasteiger partial charge in [-0.05, 0) is 44.7 Å². The number of nitrogens with one attached hydrogen (secondary N) is 1. The summed E-state index contributed by atoms with van der Waals surface area (Å²) in [7, 11) is 0. The van der Waals surface area contributed by atoms with E-state index in [1.165, 1.54) is 11.8 Å². The van der Waals surface area contributed by atoms with E-state index in [-0.39, 0.29) is 5.54 Å². The lowest BCUT2D eigenvalue weighted by atomic mass is 10.1. The number of rotatable bonds is 4. The Morgan fingerprint density at radius 2 is 1.90 bits per heavy atom. The molecule has 0 spiro atoms. The molecule has 2 aromatic rings. The van der Waals surface area contributed by atoms with Crippen LogP contribution < -0.4 is 5.32 Å². The average molecular weight is 309 g/mol. The Morgan fingerprint density at radius 1 is 1.20 bits per heavy atom. The summed E-state index contributed by atoms with van der Waals surface area (Å²) in [6.07, 6.45) is 5.35. The van der Waals surface area contributed by atoms with E-state index in [9.17, 15) is 0 Å². The minimum atomic E-state index is 0.0783. The van der Waals surface area contributed by atoms with Gasteiger partial charge in [-0.2, -0.15) is 0 Å². The summed E-state index contributed by atoms with van der Waals surface area (Å²) >= 11 is 7.42. The van der Waals surface area contributed by atoms with Crippen molar-refractivity contribution >= 4 is 23.4 Å². The van der Waals surface area contributed by atoms with Crippen LogP contribution in [0.5, 0.6) is 0 Å². The molecule has 4 nitrogen and oxygen atoms in total. The molecule has 2 rings (SSSR count). The Morgan fingerprint density at radius 3 is 2.50 bits per heavy atom. The van der Waals surface area contributed by atoms with Crippen molar-refractivity contribution in [3.8, 4) is 0 Å². The molecule has 2 aromatic heterocycles. The summed E-state index contributed by atoms with van der Waals surface area (Å²) in [4.78, 5) is 12.9. The molecule has 20 heavy (non-hydrogen) atoms. The van der Waals surface area contributed by atoms with Crippen molar-refractivity contribution in [3.05, 3.63) is 41.3 Å². The van der Waals surface area contributed by atoms with Crippen molar-refractivity contribution < 1.29 is 0 Å². The number of nitrogens with zero attached hydrogens (tertiary/aromatic N) is 3. The molecule has 2 heterocycles. The monoisotopic (exact) mass is 308 g/mol. The summed E-state index contributed by atoms with van der Waals surface area (Å²) in [6, 6.07) is 3.60. The number of hydrogen-bond acceptors (Lipinski definition) is 5. The van der Waals surface area contributed by atoms with Gasteiger partial charge in [0.2, 0.25) is 0 Å². The third-order valence-electron chi connectivity index (χ3n) is 2.42. The van der Waals surface area contributed by atoms with Gasteiger partial charge in [0, 0.05) is 36.2 Å². The molecule has 0 bridgehead atoms. The maximum Gasteiger partial charge on any atom is 0.193 e. The minimum absolute atomic E-state index is 0.0783. The number of halogens is 1. The van der Waals surface area contributed by atoms with E-state index < -0.39 is 0 Å². The van der Waals surface area contributed by atoms with Gasteiger partial charge in [0.15, 0.2) is 5.16 Å². The van der Waals surface area contributed by atoms with E-state index in [0.717, 1.165) is 17.1 Å². The first-order valence-electron chi connectivity index (χ1n) is 6.28. The summed E-state index contributed by atoms with van der Waals surface area (Å²) in [5.74, 6) is 0. The van der Waals surface area contributed by atoms with E-state index in [2.05, 4.69) is 41.0 Å². The number of pyridine rings is 1. The zero-order valence-corrected chi connectivity index (χ0v) is 13.3. The SMILES string of the molecule is CC(C)(C)NCc1cnc(Sc2ncccc2Cl)nc1. The topological polar surface area (TPSA) is 50.7 Å². The first-order valence-corrected chi connectivity index (χ1v) is 7.48. The highest BCUT2D eigenvalue weighted by molar-refractivity contribution is 7.99. The van der Waals surface area contributed by atoms with E-state index in [1.807, 2.05) is 12.4 Å². The van der Waals surface area contributed by atoms with E-state index in [4.69, 9.17) is 11.6 Å². The first kappa shape index (κ1) is 15.2. The van der Waals surface area contributed by atoms with Crippen LogP contribution in [-0.4, -0.2) is 20.5 Å². The Labute approximate surface area is 128 Å². The van der Waals surface area contributed by atoms with Crippen LogP contribution >= 0.6 is 23.4 Å². The lowest BCUT2D eigenvalue weighted by Gasteiger charge is -2.20. The molecule has 106 valence electrons. The fourth-order valence-electron chi connectivity index (χ4n) is 1.39. The second-order valence-electron chi connectivity index (χ2n) is 5.37. The number of aromatic nitrogens is 3. The van der Waals surface area contributed by atoms with Gasteiger partial charge < -0.3 is 5.32 Å². The van der Waals surface area contributed by atoms with Crippen LogP contribution in [0.4, 0.5) is 0 Å². The summed E-state index contributed by atoms with van der Waals surface area (Å²) in [6.45, 7) is 7.13. The Balaban J connectivity index is 2.00. The van der Waals surface area contributed by atoms with Crippen LogP contribution in [0.25, 0.3) is 0 Å². The summed E-state index contributed by atoms with van der Waals surface area (Å²) in [5.41, 5.74) is 1.13. The lowest BCUT2D eigenvalue weighted by Crippen LogP contribution is -2.35. The van der Waals surface area contributed by atoms with Crippen LogP contribution in [0, 0.1) is 0 Å². The van der Waals surface area contributed by atoms with Crippen molar-refractivity contribution in [2.75, 3.05) is 0 Å². The fourth-order valence-corrected chi connectivity index (χ4v) is 2.29. The Kier molecular flexibility index (Phi) is 4.96. The molecule has 0 aliphatic heterocycles. The molecule has 0 aromatic carbocycles. The molecular weight excluding hydrogens is 292 g/mol. The van der Waals surface area contributed by atoms with Gasteiger partial charge >= 0.3 is 0 Å². The zero-order valence-electron chi connectivity index (χ0n) is 11.7. The Hall–Kier alpha value is -1.17. The molecule has 0 atom stereocenters. The lowest BCUT2D eigenvalue weighted by molar-refractivity contribution is 0.423. The van der Waals surface area contributed by atoms with Gasteiger partial charge in [-0.1, -0.05) is 11.6 Å². The number of hydrogen-bond donors (Lipinski definition) is 1. The van der Waals surface area contributed by atoms with Crippen LogP contribution in [0.3, 0.4) is 0 Å². The third kappa shape index (κ3) is 4.74. The molecule has 0 aliphatic rings. The molecule has 0 aliphatic carbocycles. The van der Waals surface area contributed by atoms with Gasteiger partial charge in [-0.25, -0.2) is 15.0 Å². The van der Waals surface area contributed by atoms with Crippen LogP contribution in [-0.2, 0) is 6.54 Å². The maximum absolute atomic E-state index is 6.06. The molecule has 0 radical (unpaired) electrons. The predicted octanol–water partition coefficient (Wildman–Crippen LogP) is 3.56. The smallest absolute Gasteiger partial charge is 0.193 e. The van der Waals surface area contributed by atoms with Gasteiger partial charge in [-0.3, -0.25) is 0 Å². The van der Waals surface area contributed by atoms with Gasteiger partial charge in [-0.15, -0.1) is 0 Å². The maximum atomic E-state index is 6.06. The quantitative estimate of drug-likeness (QED) is 0.875. The summed E-state index contributed by atoms with van der Waals surface area (Å²) in [5, 5.41) is 5.37. The molecule has 0 amide bonds. The van der Waals surface area contributed by atoms with Crippen molar-refractivity contribution in [1.29, 1.82) is 0 Å². The molecule has 0 saturated carbocycles. The highest BCUT2D eigenvalue weighted by Gasteiger charge is 2.09. The third-order valence-corrected chi connectivity index (χ3v) is 3.75. The summed E-state index contributed by atoms with van der Waals surface area (Å²) < 4.78 is 0. The first-order chi connectivity index (χ1) is 9.44. The van der Waals surface area contributed by atoms with Crippen LogP contribution in [0.1, 0.15) is 26.3 Å². The molecule has 1 N–H and O–H groups in total. The van der Waals surface area contributed by atoms with Crippen LogP contribution in [0.2, 0.25) is 5.02 Å². The van der Waals surface area contributed by atoms with Crippen molar-refractivity contribution in [2.45, 2.75) is 43.0 Å². The van der Waals surface area contributed by atoms with Gasteiger partial charge in [0.1, 0.15) is 5.03 Å². The fraction of sp³-hybridized carbons (Fsp3) is 0.357. The van der Waals surface area contributed by atoms with Crippen molar-refractivity contribution in [1.82, 2.24) is 20.3 Å². The normalized spacial score (nSPS) is 11.6. The molecule has 0 fully saturated rings. The molecule has 0 unspecified atom stereocenters. The van der Waals surface area contributed by atoms with Gasteiger partial charge in [0.05, 0.1) is 5.02 Å². The van der Waals surface area contributed by atoms with Crippen molar-refractivity contribution in [2.24, 2.45) is 0 Å². The van der Waals surface area contributed by atoms with E-state index >= 15 is 0 Å². The molecule has 0 saturated heterocycles. The second-order valence-corrected chi connectivity index (χ2v) is 6.73. The standard InChI is InChI=1S/C14H17ClN4S/c1-14(2,3)19-9-10-7-17-13(18-8-10)20-12-11(15)5-4-6-16-12/h4-8,19H,9H2,1-3H3. The zero-order chi connectivity index (χ0) is 14.6. The predicted molar refractivity (Wildman–Crippen MR) is 82.0 cm³/mol. The second kappa shape index (κ2) is 6.52. The largest absolute Gasteiger partial charge is 0.308 e. The Bertz CT molecular complexity index is 566. The van der Waals surface area contributed by atoms with Crippen molar-refractivity contribution in [3.63, 3.8) is 0 Å². The van der Waals surface area contributed by atoms with Gasteiger partial charge in [0.25, 0.3) is 0 Å². The minimum Gasteiger partial charge on any atom is -0.308 e. The molecular formula is C14H17ClN4S. The van der Waals surface area contributed by atoms with E-state index in [1.54, 1.807) is 18.3 Å². The molecule has 6 heteroatoms.